The molecule has 0 bridgehead atoms. The molecule has 1 fully saturated rings. The van der Waals surface area contributed by atoms with Gasteiger partial charge in [0.15, 0.2) is 5.16 Å². The van der Waals surface area contributed by atoms with Crippen molar-refractivity contribution in [1.82, 2.24) is 14.5 Å². The second kappa shape index (κ2) is 5.52. The third-order valence-corrected chi connectivity index (χ3v) is 4.45. The van der Waals surface area contributed by atoms with Crippen LogP contribution in [0.4, 0.5) is 0 Å². The number of para-hydroxylation sites is 1. The highest BCUT2D eigenvalue weighted by Crippen LogP contribution is 2.36. The first-order valence-electron chi connectivity index (χ1n) is 6.92. The van der Waals surface area contributed by atoms with E-state index in [0.29, 0.717) is 21.8 Å². The number of rotatable bonds is 4. The maximum Gasteiger partial charge on any atom is 0.262 e. The van der Waals surface area contributed by atoms with Crippen LogP contribution >= 0.6 is 11.8 Å². The van der Waals surface area contributed by atoms with E-state index >= 15 is 0 Å². The highest BCUT2D eigenvalue weighted by molar-refractivity contribution is 7.99. The molecule has 0 radical (unpaired) electrons. The van der Waals surface area contributed by atoms with E-state index in [2.05, 4.69) is 4.98 Å². The highest BCUT2D eigenvalue weighted by Gasteiger charge is 2.28. The molecule has 6 heteroatoms. The lowest BCUT2D eigenvalue weighted by Gasteiger charge is -2.13. The number of fused-ring (bicyclic) bond motifs is 1. The van der Waals surface area contributed by atoms with E-state index in [1.54, 1.807) is 23.6 Å². The Hall–Kier alpha value is -1.82. The molecule has 1 aliphatic rings. The Morgan fingerprint density at radius 2 is 2.10 bits per heavy atom. The minimum atomic E-state index is 0.00269. The van der Waals surface area contributed by atoms with Crippen LogP contribution in [0.2, 0.25) is 0 Å². The van der Waals surface area contributed by atoms with Gasteiger partial charge in [0.05, 0.1) is 16.7 Å². The number of hydrogen-bond acceptors (Lipinski definition) is 4. The van der Waals surface area contributed by atoms with E-state index in [0.717, 1.165) is 12.8 Å². The number of carbonyl (C=O) groups is 1. The van der Waals surface area contributed by atoms with Gasteiger partial charge in [0.1, 0.15) is 0 Å². The number of amides is 1. The van der Waals surface area contributed by atoms with Crippen LogP contribution in [0.25, 0.3) is 10.9 Å². The molecule has 110 valence electrons. The zero-order chi connectivity index (χ0) is 15.0. The number of carbonyl (C=O) groups excluding carboxylic acids is 1. The fraction of sp³-hybridized carbons (Fsp3) is 0.400. The van der Waals surface area contributed by atoms with Gasteiger partial charge in [-0.05, 0) is 25.0 Å². The summed E-state index contributed by atoms with van der Waals surface area (Å²) in [6.07, 6.45) is 2.02. The Morgan fingerprint density at radius 3 is 2.76 bits per heavy atom. The lowest BCUT2D eigenvalue weighted by atomic mass is 10.2. The topological polar surface area (TPSA) is 55.2 Å². The molecule has 1 saturated carbocycles. The summed E-state index contributed by atoms with van der Waals surface area (Å²) in [7, 11) is 3.45. The molecule has 1 aromatic carbocycles. The van der Waals surface area contributed by atoms with Crippen LogP contribution in [0, 0.1) is 0 Å². The van der Waals surface area contributed by atoms with Gasteiger partial charge in [-0.25, -0.2) is 4.98 Å². The van der Waals surface area contributed by atoms with Crippen molar-refractivity contribution < 1.29 is 4.79 Å². The molecule has 2 aromatic rings. The number of hydrogen-bond donors (Lipinski definition) is 0. The van der Waals surface area contributed by atoms with Crippen molar-refractivity contribution in [3.8, 4) is 0 Å². The molecule has 0 saturated heterocycles. The molecule has 5 nitrogen and oxygen atoms in total. The van der Waals surface area contributed by atoms with Gasteiger partial charge < -0.3 is 4.90 Å². The fourth-order valence-corrected chi connectivity index (χ4v) is 3.18. The summed E-state index contributed by atoms with van der Waals surface area (Å²) < 4.78 is 1.76. The van der Waals surface area contributed by atoms with Gasteiger partial charge in [-0.2, -0.15) is 0 Å². The van der Waals surface area contributed by atoms with Crippen LogP contribution in [0.5, 0.6) is 0 Å². The minimum Gasteiger partial charge on any atom is -0.348 e. The molecule has 1 aliphatic carbocycles. The second-order valence-corrected chi connectivity index (χ2v) is 6.34. The lowest BCUT2D eigenvalue weighted by molar-refractivity contribution is -0.125. The molecular formula is C15H17N3O2S. The zero-order valence-corrected chi connectivity index (χ0v) is 12.9. The van der Waals surface area contributed by atoms with Crippen molar-refractivity contribution in [2.24, 2.45) is 0 Å². The monoisotopic (exact) mass is 303 g/mol. The van der Waals surface area contributed by atoms with Crippen molar-refractivity contribution in [2.75, 3.05) is 19.8 Å². The highest BCUT2D eigenvalue weighted by atomic mass is 32.2. The third-order valence-electron chi connectivity index (χ3n) is 3.51. The predicted molar refractivity (Wildman–Crippen MR) is 83.7 cm³/mol. The SMILES string of the molecule is CN(C)C(=O)CSc1nc2ccccc2c(=O)n1C1CC1. The summed E-state index contributed by atoms with van der Waals surface area (Å²) in [5.41, 5.74) is 0.696. The molecule has 21 heavy (non-hydrogen) atoms. The van der Waals surface area contributed by atoms with Crippen molar-refractivity contribution in [1.29, 1.82) is 0 Å². The van der Waals surface area contributed by atoms with E-state index in [-0.39, 0.29) is 17.5 Å². The van der Waals surface area contributed by atoms with E-state index in [4.69, 9.17) is 0 Å². The van der Waals surface area contributed by atoms with Gasteiger partial charge in [0.2, 0.25) is 5.91 Å². The summed E-state index contributed by atoms with van der Waals surface area (Å²) in [6, 6.07) is 7.61. The smallest absolute Gasteiger partial charge is 0.262 e. The molecule has 0 aliphatic heterocycles. The van der Waals surface area contributed by atoms with Crippen LogP contribution < -0.4 is 5.56 Å². The number of thioether (sulfide) groups is 1. The fourth-order valence-electron chi connectivity index (χ4n) is 2.14. The maximum absolute atomic E-state index is 12.6. The van der Waals surface area contributed by atoms with Crippen molar-refractivity contribution in [3.63, 3.8) is 0 Å². The molecule has 0 unspecified atom stereocenters. The first-order valence-corrected chi connectivity index (χ1v) is 7.90. The Morgan fingerprint density at radius 1 is 1.38 bits per heavy atom. The Labute approximate surface area is 127 Å². The summed E-state index contributed by atoms with van der Waals surface area (Å²) >= 11 is 1.34. The molecule has 3 rings (SSSR count). The van der Waals surface area contributed by atoms with Gasteiger partial charge in [-0.1, -0.05) is 23.9 Å². The Kier molecular flexibility index (Phi) is 3.71. The van der Waals surface area contributed by atoms with Gasteiger partial charge in [-0.15, -0.1) is 0 Å². The van der Waals surface area contributed by atoms with Gasteiger partial charge in [-0.3, -0.25) is 14.2 Å². The van der Waals surface area contributed by atoms with Crippen LogP contribution in [0.1, 0.15) is 18.9 Å². The molecule has 0 N–H and O–H groups in total. The van der Waals surface area contributed by atoms with Crippen LogP contribution in [0.15, 0.2) is 34.2 Å². The summed E-state index contributed by atoms with van der Waals surface area (Å²) in [6.45, 7) is 0. The normalized spacial score (nSPS) is 14.4. The van der Waals surface area contributed by atoms with E-state index in [9.17, 15) is 9.59 Å². The molecule has 0 spiro atoms. The number of nitrogens with zero attached hydrogens (tertiary/aromatic N) is 3. The molecular weight excluding hydrogens is 286 g/mol. The quantitative estimate of drug-likeness (QED) is 0.639. The zero-order valence-electron chi connectivity index (χ0n) is 12.1. The van der Waals surface area contributed by atoms with Crippen LogP contribution in [-0.4, -0.2) is 40.2 Å². The first-order chi connectivity index (χ1) is 10.1. The van der Waals surface area contributed by atoms with Gasteiger partial charge in [0, 0.05) is 20.1 Å². The van der Waals surface area contributed by atoms with E-state index in [1.165, 1.54) is 11.8 Å². The molecule has 1 aromatic heterocycles. The first kappa shape index (κ1) is 14.1. The standard InChI is InChI=1S/C15H17N3O2S/c1-17(2)13(19)9-21-15-16-12-6-4-3-5-11(12)14(20)18(15)10-7-8-10/h3-6,10H,7-9H2,1-2H3. The van der Waals surface area contributed by atoms with E-state index < -0.39 is 0 Å². The summed E-state index contributed by atoms with van der Waals surface area (Å²) in [5.74, 6) is 0.314. The van der Waals surface area contributed by atoms with E-state index in [1.807, 2.05) is 24.3 Å². The number of benzene rings is 1. The van der Waals surface area contributed by atoms with Gasteiger partial charge >= 0.3 is 0 Å². The van der Waals surface area contributed by atoms with Crippen LogP contribution in [0.3, 0.4) is 0 Å². The average molecular weight is 303 g/mol. The third kappa shape index (κ3) is 2.81. The minimum absolute atomic E-state index is 0.00269. The maximum atomic E-state index is 12.6. The van der Waals surface area contributed by atoms with Gasteiger partial charge in [0.25, 0.3) is 5.56 Å². The Balaban J connectivity index is 2.02. The molecule has 0 atom stereocenters. The van der Waals surface area contributed by atoms with Crippen molar-refractivity contribution in [3.05, 3.63) is 34.6 Å². The second-order valence-electron chi connectivity index (χ2n) is 5.39. The van der Waals surface area contributed by atoms with Crippen molar-refractivity contribution >= 4 is 28.6 Å². The number of aromatic nitrogens is 2. The average Bonchev–Trinajstić information content (AvgIpc) is 3.29. The molecule has 1 heterocycles. The van der Waals surface area contributed by atoms with Crippen molar-refractivity contribution in [2.45, 2.75) is 24.0 Å². The predicted octanol–water partition coefficient (Wildman–Crippen LogP) is 1.91. The van der Waals surface area contributed by atoms with Crippen LogP contribution in [-0.2, 0) is 4.79 Å². The Bertz CT molecular complexity index is 750. The summed E-state index contributed by atoms with van der Waals surface area (Å²) in [5, 5.41) is 1.30. The summed E-state index contributed by atoms with van der Waals surface area (Å²) in [4.78, 5) is 30.5. The lowest BCUT2D eigenvalue weighted by Crippen LogP contribution is -2.26. The molecule has 1 amide bonds. The largest absolute Gasteiger partial charge is 0.348 e.